The van der Waals surface area contributed by atoms with Crippen molar-refractivity contribution in [2.45, 2.75) is 20.4 Å². The van der Waals surface area contributed by atoms with Crippen LogP contribution in [0.2, 0.25) is 0 Å². The van der Waals surface area contributed by atoms with Gasteiger partial charge < -0.3 is 10.1 Å². The van der Waals surface area contributed by atoms with Crippen molar-refractivity contribution in [3.05, 3.63) is 53.6 Å². The lowest BCUT2D eigenvalue weighted by Gasteiger charge is -2.07. The van der Waals surface area contributed by atoms with Gasteiger partial charge in [-0.15, -0.1) is 21.5 Å². The van der Waals surface area contributed by atoms with Crippen molar-refractivity contribution < 1.29 is 14.3 Å². The number of nitriles is 1. The summed E-state index contributed by atoms with van der Waals surface area (Å²) in [7, 11) is 0. The largest absolute Gasteiger partial charge is 0.462 e. The van der Waals surface area contributed by atoms with Crippen LogP contribution in [0, 0.1) is 18.3 Å². The van der Waals surface area contributed by atoms with Gasteiger partial charge in [0.25, 0.3) is 0 Å². The van der Waals surface area contributed by atoms with Gasteiger partial charge in [-0.1, -0.05) is 30.3 Å². The number of nitrogens with one attached hydrogen (secondary N) is 1. The highest BCUT2D eigenvalue weighted by molar-refractivity contribution is 7.20. The summed E-state index contributed by atoms with van der Waals surface area (Å²) < 4.78 is 6.50. The van der Waals surface area contributed by atoms with E-state index in [9.17, 15) is 9.59 Å². The second-order valence-electron chi connectivity index (χ2n) is 5.79. The van der Waals surface area contributed by atoms with E-state index in [4.69, 9.17) is 10.00 Å². The summed E-state index contributed by atoms with van der Waals surface area (Å²) in [6, 6.07) is 11.5. The first-order valence-electron chi connectivity index (χ1n) is 8.48. The van der Waals surface area contributed by atoms with Gasteiger partial charge in [0.05, 0.1) is 12.2 Å². The van der Waals surface area contributed by atoms with Crippen molar-refractivity contribution in [1.82, 2.24) is 14.8 Å². The van der Waals surface area contributed by atoms with Gasteiger partial charge in [0.1, 0.15) is 23.9 Å². The molecule has 0 aliphatic rings. The van der Waals surface area contributed by atoms with E-state index in [1.54, 1.807) is 6.92 Å². The van der Waals surface area contributed by atoms with Crippen molar-refractivity contribution >= 4 is 28.2 Å². The molecule has 1 amide bonds. The molecule has 0 bridgehead atoms. The normalized spacial score (nSPS) is 10.3. The van der Waals surface area contributed by atoms with Crippen molar-refractivity contribution in [3.63, 3.8) is 0 Å². The van der Waals surface area contributed by atoms with Crippen LogP contribution in [0.1, 0.15) is 28.7 Å². The average Bonchev–Trinajstić information content (AvgIpc) is 3.26. The Kier molecular flexibility index (Phi) is 5.81. The molecule has 0 fully saturated rings. The van der Waals surface area contributed by atoms with Crippen LogP contribution in [-0.4, -0.2) is 33.2 Å². The van der Waals surface area contributed by atoms with E-state index in [0.717, 1.165) is 16.0 Å². The lowest BCUT2D eigenvalue weighted by atomic mass is 10.1. The summed E-state index contributed by atoms with van der Waals surface area (Å²) in [4.78, 5) is 25.9. The van der Waals surface area contributed by atoms with Crippen LogP contribution in [0.4, 0.5) is 5.00 Å². The maximum absolute atomic E-state index is 12.5. The number of carbonyl (C=O) groups is 2. The van der Waals surface area contributed by atoms with E-state index in [1.807, 2.05) is 43.3 Å². The minimum absolute atomic E-state index is 0.0353. The Morgan fingerprint density at radius 3 is 2.75 bits per heavy atom. The molecule has 2 heterocycles. The van der Waals surface area contributed by atoms with Gasteiger partial charge in [0, 0.05) is 4.88 Å². The molecule has 1 N–H and O–H groups in total. The molecular formula is C19H17N5O3S. The Morgan fingerprint density at radius 2 is 2.07 bits per heavy atom. The van der Waals surface area contributed by atoms with Gasteiger partial charge in [0.15, 0.2) is 0 Å². The van der Waals surface area contributed by atoms with Crippen LogP contribution in [0.15, 0.2) is 36.7 Å². The van der Waals surface area contributed by atoms with Crippen LogP contribution >= 0.6 is 11.3 Å². The monoisotopic (exact) mass is 395 g/mol. The predicted molar refractivity (Wildman–Crippen MR) is 104 cm³/mol. The highest BCUT2D eigenvalue weighted by Gasteiger charge is 2.24. The molecule has 142 valence electrons. The zero-order valence-electron chi connectivity index (χ0n) is 15.3. The Hall–Kier alpha value is -3.51. The fourth-order valence-corrected chi connectivity index (χ4v) is 3.91. The van der Waals surface area contributed by atoms with E-state index in [1.165, 1.54) is 22.2 Å². The second kappa shape index (κ2) is 8.45. The maximum Gasteiger partial charge on any atom is 0.341 e. The highest BCUT2D eigenvalue weighted by Crippen LogP contribution is 2.40. The zero-order chi connectivity index (χ0) is 20.1. The molecule has 3 rings (SSSR count). The third-order valence-electron chi connectivity index (χ3n) is 3.94. The molecule has 0 saturated heterocycles. The van der Waals surface area contributed by atoms with Crippen molar-refractivity contribution in [2.75, 3.05) is 11.9 Å². The average molecular weight is 395 g/mol. The summed E-state index contributed by atoms with van der Waals surface area (Å²) in [5, 5.41) is 19.4. The van der Waals surface area contributed by atoms with Crippen LogP contribution in [-0.2, 0) is 16.1 Å². The number of hydrogen-bond donors (Lipinski definition) is 1. The first-order chi connectivity index (χ1) is 13.5. The molecule has 0 aliphatic heterocycles. The quantitative estimate of drug-likeness (QED) is 0.643. The Balaban J connectivity index is 1.93. The summed E-state index contributed by atoms with van der Waals surface area (Å²) in [5.41, 5.74) is 2.02. The second-order valence-corrected chi connectivity index (χ2v) is 6.81. The minimum atomic E-state index is -0.490. The Bertz CT molecular complexity index is 1050. The number of aromatic nitrogens is 3. The molecule has 0 saturated carbocycles. The number of esters is 1. The molecule has 3 aromatic rings. The number of ether oxygens (including phenoxy) is 1. The molecule has 28 heavy (non-hydrogen) atoms. The van der Waals surface area contributed by atoms with Crippen LogP contribution in [0.3, 0.4) is 0 Å². The molecule has 2 aromatic heterocycles. The standard InChI is InChI=1S/C19H17N5O3S/c1-3-27-19(26)16-12(2)17(13-7-5-4-6-8-13)28-18(16)22-15(25)10-24-11-21-23-14(24)9-20/h4-8,11H,3,10H2,1-2H3,(H,22,25). The van der Waals surface area contributed by atoms with Gasteiger partial charge in [-0.25, -0.2) is 4.79 Å². The third-order valence-corrected chi connectivity index (χ3v) is 5.20. The molecule has 9 heteroatoms. The van der Waals surface area contributed by atoms with Gasteiger partial charge in [-0.2, -0.15) is 5.26 Å². The number of amides is 1. The molecule has 0 atom stereocenters. The molecule has 1 aromatic carbocycles. The fourth-order valence-electron chi connectivity index (χ4n) is 2.69. The lowest BCUT2D eigenvalue weighted by Crippen LogP contribution is -2.20. The molecule has 0 spiro atoms. The van der Waals surface area contributed by atoms with E-state index < -0.39 is 11.9 Å². The van der Waals surface area contributed by atoms with Gasteiger partial charge in [-0.3, -0.25) is 9.36 Å². The summed E-state index contributed by atoms with van der Waals surface area (Å²) in [5.74, 6) is -0.855. The molecule has 0 aliphatic carbocycles. The number of thiophene rings is 1. The number of hydrogen-bond acceptors (Lipinski definition) is 7. The van der Waals surface area contributed by atoms with E-state index in [2.05, 4.69) is 15.5 Å². The van der Waals surface area contributed by atoms with Crippen LogP contribution < -0.4 is 5.32 Å². The van der Waals surface area contributed by atoms with E-state index in [0.29, 0.717) is 10.6 Å². The molecule has 0 radical (unpaired) electrons. The number of benzene rings is 1. The topological polar surface area (TPSA) is 110 Å². The van der Waals surface area contributed by atoms with Crippen molar-refractivity contribution in [2.24, 2.45) is 0 Å². The van der Waals surface area contributed by atoms with Crippen LogP contribution in [0.5, 0.6) is 0 Å². The van der Waals surface area contributed by atoms with Crippen molar-refractivity contribution in [1.29, 1.82) is 5.26 Å². The Labute approximate surface area is 165 Å². The highest BCUT2D eigenvalue weighted by atomic mass is 32.1. The molecule has 8 nitrogen and oxygen atoms in total. The van der Waals surface area contributed by atoms with E-state index in [-0.39, 0.29) is 19.0 Å². The first kappa shape index (κ1) is 19.3. The lowest BCUT2D eigenvalue weighted by molar-refractivity contribution is -0.116. The number of nitrogens with zero attached hydrogens (tertiary/aromatic N) is 4. The smallest absolute Gasteiger partial charge is 0.341 e. The number of anilines is 1. The van der Waals surface area contributed by atoms with Crippen molar-refractivity contribution in [3.8, 4) is 16.5 Å². The number of carbonyl (C=O) groups excluding carboxylic acids is 2. The molecule has 0 unspecified atom stereocenters. The number of rotatable bonds is 6. The van der Waals surface area contributed by atoms with E-state index >= 15 is 0 Å². The third kappa shape index (κ3) is 3.92. The SMILES string of the molecule is CCOC(=O)c1c(NC(=O)Cn2cnnc2C#N)sc(-c2ccccc2)c1C. The summed E-state index contributed by atoms with van der Waals surface area (Å²) >= 11 is 1.31. The zero-order valence-corrected chi connectivity index (χ0v) is 16.1. The van der Waals surface area contributed by atoms with Gasteiger partial charge in [-0.05, 0) is 25.0 Å². The predicted octanol–water partition coefficient (Wildman–Crippen LogP) is 3.00. The van der Waals surface area contributed by atoms with Crippen LogP contribution in [0.25, 0.3) is 10.4 Å². The Morgan fingerprint density at radius 1 is 1.32 bits per heavy atom. The van der Waals surface area contributed by atoms with Gasteiger partial charge >= 0.3 is 5.97 Å². The first-order valence-corrected chi connectivity index (χ1v) is 9.30. The minimum Gasteiger partial charge on any atom is -0.462 e. The van der Waals surface area contributed by atoms with Gasteiger partial charge in [0.2, 0.25) is 11.7 Å². The fraction of sp³-hybridized carbons (Fsp3) is 0.211. The molecular weight excluding hydrogens is 378 g/mol. The maximum atomic E-state index is 12.5. The summed E-state index contributed by atoms with van der Waals surface area (Å²) in [6.45, 7) is 3.64. The summed E-state index contributed by atoms with van der Waals surface area (Å²) in [6.07, 6.45) is 1.31.